The smallest absolute Gasteiger partial charge is 0.253 e. The van der Waals surface area contributed by atoms with Gasteiger partial charge in [0, 0.05) is 24.0 Å². The Bertz CT molecular complexity index is 478. The van der Waals surface area contributed by atoms with Crippen LogP contribution in [0.2, 0.25) is 5.02 Å². The van der Waals surface area contributed by atoms with Gasteiger partial charge in [0.1, 0.15) is 5.82 Å². The van der Waals surface area contributed by atoms with Crippen LogP contribution in [0.25, 0.3) is 0 Å². The van der Waals surface area contributed by atoms with Gasteiger partial charge in [0.2, 0.25) is 0 Å². The Hall–Kier alpha value is -0.650. The molecule has 1 aliphatic heterocycles. The molecule has 1 aliphatic rings. The summed E-state index contributed by atoms with van der Waals surface area (Å²) in [5.41, 5.74) is 0.340. The van der Waals surface area contributed by atoms with E-state index in [1.54, 1.807) is 11.0 Å². The zero-order valence-electron chi connectivity index (χ0n) is 10.9. The molecule has 3 nitrogen and oxygen atoms in total. The summed E-state index contributed by atoms with van der Waals surface area (Å²) in [6.07, 6.45) is 1.84. The van der Waals surface area contributed by atoms with Crippen molar-refractivity contribution in [1.29, 1.82) is 0 Å². The van der Waals surface area contributed by atoms with Gasteiger partial charge in [-0.05, 0) is 31.0 Å². The molecule has 110 valence electrons. The number of carbonyl (C=O) groups is 1. The highest BCUT2D eigenvalue weighted by atomic mass is 79.9. The Morgan fingerprint density at radius 3 is 2.75 bits per heavy atom. The van der Waals surface area contributed by atoms with E-state index in [0.717, 1.165) is 18.2 Å². The van der Waals surface area contributed by atoms with Crippen LogP contribution in [0.5, 0.6) is 0 Å². The summed E-state index contributed by atoms with van der Waals surface area (Å²) in [6.45, 7) is 1.95. The molecule has 1 aromatic carbocycles. The van der Waals surface area contributed by atoms with Crippen molar-refractivity contribution in [3.63, 3.8) is 0 Å². The lowest BCUT2D eigenvalue weighted by Gasteiger charge is -2.32. The summed E-state index contributed by atoms with van der Waals surface area (Å²) >= 11 is 8.94. The van der Waals surface area contributed by atoms with E-state index in [2.05, 4.69) is 15.9 Å². The van der Waals surface area contributed by atoms with Gasteiger partial charge in [0.05, 0.1) is 17.7 Å². The topological polar surface area (TPSA) is 29.5 Å². The number of carbonyl (C=O) groups excluding carboxylic acids is 1. The average molecular weight is 365 g/mol. The van der Waals surface area contributed by atoms with Crippen LogP contribution in [0.3, 0.4) is 0 Å². The van der Waals surface area contributed by atoms with E-state index in [0.29, 0.717) is 25.3 Å². The zero-order chi connectivity index (χ0) is 14.5. The molecule has 0 bridgehead atoms. The number of halogens is 3. The second-order valence-corrected chi connectivity index (χ2v) is 5.88. The van der Waals surface area contributed by atoms with Crippen molar-refractivity contribution >= 4 is 33.4 Å². The van der Waals surface area contributed by atoms with Crippen LogP contribution in [-0.4, -0.2) is 41.9 Å². The van der Waals surface area contributed by atoms with E-state index in [1.807, 2.05) is 0 Å². The van der Waals surface area contributed by atoms with Crippen LogP contribution in [0.15, 0.2) is 18.2 Å². The molecule has 1 saturated heterocycles. The summed E-state index contributed by atoms with van der Waals surface area (Å²) in [6, 6.07) is 4.16. The van der Waals surface area contributed by atoms with Gasteiger partial charge in [-0.3, -0.25) is 4.79 Å². The molecular weight excluding hydrogens is 349 g/mol. The van der Waals surface area contributed by atoms with Gasteiger partial charge in [0.15, 0.2) is 0 Å². The Balaban J connectivity index is 1.92. The lowest BCUT2D eigenvalue weighted by Crippen LogP contribution is -2.41. The van der Waals surface area contributed by atoms with Gasteiger partial charge in [-0.15, -0.1) is 0 Å². The fourth-order valence-electron chi connectivity index (χ4n) is 2.25. The Morgan fingerprint density at radius 1 is 1.45 bits per heavy atom. The number of hydrogen-bond donors (Lipinski definition) is 0. The van der Waals surface area contributed by atoms with Crippen LogP contribution < -0.4 is 0 Å². The third kappa shape index (κ3) is 3.93. The molecule has 1 fully saturated rings. The van der Waals surface area contributed by atoms with Gasteiger partial charge < -0.3 is 9.64 Å². The normalized spacial score (nSPS) is 16.4. The number of likely N-dealkylation sites (tertiary alicyclic amines) is 1. The molecule has 0 spiro atoms. The van der Waals surface area contributed by atoms with E-state index in [-0.39, 0.29) is 17.0 Å². The number of nitrogens with zero attached hydrogens (tertiary/aromatic N) is 1. The highest BCUT2D eigenvalue weighted by Gasteiger charge is 2.24. The summed E-state index contributed by atoms with van der Waals surface area (Å²) in [7, 11) is 0. The number of rotatable bonds is 4. The van der Waals surface area contributed by atoms with Gasteiger partial charge in [-0.25, -0.2) is 4.39 Å². The highest BCUT2D eigenvalue weighted by Crippen LogP contribution is 2.19. The molecule has 0 radical (unpaired) electrons. The largest absolute Gasteiger partial charge is 0.377 e. The minimum absolute atomic E-state index is 0.0310. The van der Waals surface area contributed by atoms with Crippen LogP contribution in [0.4, 0.5) is 4.39 Å². The Kier molecular flexibility index (Phi) is 5.81. The second-order valence-electron chi connectivity index (χ2n) is 4.68. The predicted molar refractivity (Wildman–Crippen MR) is 80.1 cm³/mol. The Labute approximate surface area is 131 Å². The molecule has 6 heteroatoms. The standard InChI is InChI=1S/C14H16BrClFNO2/c15-5-8-20-11-3-6-18(7-4-11)14(19)10-1-2-12(16)13(17)9-10/h1-2,9,11H,3-8H2. The molecule has 0 unspecified atom stereocenters. The van der Waals surface area contributed by atoms with Crippen LogP contribution in [-0.2, 0) is 4.74 Å². The van der Waals surface area contributed by atoms with E-state index in [1.165, 1.54) is 12.1 Å². The summed E-state index contributed by atoms with van der Waals surface area (Å²) < 4.78 is 19.0. The average Bonchev–Trinajstić information content (AvgIpc) is 2.48. The maximum atomic E-state index is 13.4. The van der Waals surface area contributed by atoms with Crippen molar-refractivity contribution in [2.75, 3.05) is 25.0 Å². The fourth-order valence-corrected chi connectivity index (χ4v) is 2.55. The third-order valence-electron chi connectivity index (χ3n) is 3.33. The summed E-state index contributed by atoms with van der Waals surface area (Å²) in [4.78, 5) is 14.0. The number of benzene rings is 1. The van der Waals surface area contributed by atoms with Crippen molar-refractivity contribution in [2.24, 2.45) is 0 Å². The van der Waals surface area contributed by atoms with E-state index >= 15 is 0 Å². The van der Waals surface area contributed by atoms with Crippen molar-refractivity contribution in [3.05, 3.63) is 34.6 Å². The van der Waals surface area contributed by atoms with Gasteiger partial charge >= 0.3 is 0 Å². The fraction of sp³-hybridized carbons (Fsp3) is 0.500. The van der Waals surface area contributed by atoms with Crippen molar-refractivity contribution in [3.8, 4) is 0 Å². The number of piperidine rings is 1. The first kappa shape index (κ1) is 15.7. The lowest BCUT2D eigenvalue weighted by molar-refractivity contribution is 0.0160. The minimum atomic E-state index is -0.562. The first-order valence-electron chi connectivity index (χ1n) is 6.53. The monoisotopic (exact) mass is 363 g/mol. The molecule has 1 amide bonds. The first-order chi connectivity index (χ1) is 9.61. The summed E-state index contributed by atoms with van der Waals surface area (Å²) in [5.74, 6) is -0.715. The summed E-state index contributed by atoms with van der Waals surface area (Å²) in [5, 5.41) is 0.847. The maximum absolute atomic E-state index is 13.4. The highest BCUT2D eigenvalue weighted by molar-refractivity contribution is 9.09. The SMILES string of the molecule is O=C(c1ccc(Cl)c(F)c1)N1CCC(OCCBr)CC1. The quantitative estimate of drug-likeness (QED) is 0.765. The van der Waals surface area contributed by atoms with Crippen LogP contribution >= 0.6 is 27.5 Å². The number of ether oxygens (including phenoxy) is 1. The zero-order valence-corrected chi connectivity index (χ0v) is 13.3. The Morgan fingerprint density at radius 2 is 2.15 bits per heavy atom. The molecule has 1 aromatic rings. The van der Waals surface area contributed by atoms with Crippen LogP contribution in [0, 0.1) is 5.82 Å². The number of amides is 1. The molecule has 0 aromatic heterocycles. The predicted octanol–water partition coefficient (Wildman–Crippen LogP) is 3.50. The molecule has 1 heterocycles. The molecule has 0 aliphatic carbocycles. The van der Waals surface area contributed by atoms with Crippen molar-refractivity contribution < 1.29 is 13.9 Å². The molecule has 0 saturated carbocycles. The second kappa shape index (κ2) is 7.38. The van der Waals surface area contributed by atoms with Gasteiger partial charge in [-0.2, -0.15) is 0 Å². The van der Waals surface area contributed by atoms with E-state index in [4.69, 9.17) is 16.3 Å². The number of alkyl halides is 1. The molecule has 0 atom stereocenters. The van der Waals surface area contributed by atoms with Crippen molar-refractivity contribution in [1.82, 2.24) is 4.90 Å². The van der Waals surface area contributed by atoms with E-state index < -0.39 is 5.82 Å². The molecular formula is C14H16BrClFNO2. The van der Waals surface area contributed by atoms with Crippen molar-refractivity contribution in [2.45, 2.75) is 18.9 Å². The first-order valence-corrected chi connectivity index (χ1v) is 8.03. The molecule has 20 heavy (non-hydrogen) atoms. The van der Waals surface area contributed by atoms with Gasteiger partial charge in [-0.1, -0.05) is 27.5 Å². The van der Waals surface area contributed by atoms with Gasteiger partial charge in [0.25, 0.3) is 5.91 Å². The maximum Gasteiger partial charge on any atom is 0.253 e. The van der Waals surface area contributed by atoms with E-state index in [9.17, 15) is 9.18 Å². The number of hydrogen-bond acceptors (Lipinski definition) is 2. The molecule has 0 N–H and O–H groups in total. The minimum Gasteiger partial charge on any atom is -0.377 e. The third-order valence-corrected chi connectivity index (χ3v) is 3.96. The van der Waals surface area contributed by atoms with Crippen LogP contribution in [0.1, 0.15) is 23.2 Å². The molecule has 2 rings (SSSR count). The lowest BCUT2D eigenvalue weighted by atomic mass is 10.1.